The topological polar surface area (TPSA) is 46.5 Å². The van der Waals surface area contributed by atoms with Crippen molar-refractivity contribution in [3.05, 3.63) is 29.3 Å². The Kier molecular flexibility index (Phi) is 2.49. The summed E-state index contributed by atoms with van der Waals surface area (Å²) < 4.78 is 5.23. The molecule has 18 heavy (non-hydrogen) atoms. The van der Waals surface area contributed by atoms with Crippen LogP contribution >= 0.6 is 0 Å². The average molecular weight is 246 g/mol. The van der Waals surface area contributed by atoms with Gasteiger partial charge in [0.1, 0.15) is 11.5 Å². The maximum Gasteiger partial charge on any atom is 0.146 e. The lowest BCUT2D eigenvalue weighted by molar-refractivity contribution is -0.139. The van der Waals surface area contributed by atoms with Crippen LogP contribution in [0.15, 0.2) is 18.2 Å². The van der Waals surface area contributed by atoms with E-state index < -0.39 is 5.60 Å². The lowest BCUT2D eigenvalue weighted by atomic mass is 9.62. The third-order valence-electron chi connectivity index (χ3n) is 4.53. The van der Waals surface area contributed by atoms with Crippen molar-refractivity contribution in [1.29, 1.82) is 0 Å². The van der Waals surface area contributed by atoms with Gasteiger partial charge in [0.05, 0.1) is 18.6 Å². The number of fused-ring (bicyclic) bond motifs is 4. The summed E-state index contributed by atoms with van der Waals surface area (Å²) in [5.74, 6) is 0.755. The molecule has 1 fully saturated rings. The maximum atomic E-state index is 12.3. The number of ether oxygens (including phenoxy) is 1. The number of carbonyl (C=O) groups excluding carboxylic acids is 1. The van der Waals surface area contributed by atoms with Gasteiger partial charge in [0.15, 0.2) is 0 Å². The molecule has 3 rings (SSSR count). The number of Topliss-reactive ketones (excluding diaryl/α,β-unsaturated/α-hetero) is 1. The third kappa shape index (κ3) is 1.57. The van der Waals surface area contributed by atoms with Gasteiger partial charge in [0.2, 0.25) is 0 Å². The van der Waals surface area contributed by atoms with E-state index in [4.69, 9.17) is 4.74 Å². The molecule has 1 aromatic carbocycles. The maximum absolute atomic E-state index is 12.3. The molecule has 1 aromatic rings. The van der Waals surface area contributed by atoms with Crippen molar-refractivity contribution in [3.8, 4) is 5.75 Å². The summed E-state index contributed by atoms with van der Waals surface area (Å²) in [5.41, 5.74) is 1.44. The van der Waals surface area contributed by atoms with Crippen LogP contribution in [0.4, 0.5) is 0 Å². The lowest BCUT2D eigenvalue weighted by Crippen LogP contribution is -2.49. The Labute approximate surface area is 107 Å². The van der Waals surface area contributed by atoms with Crippen molar-refractivity contribution < 1.29 is 14.6 Å². The molecule has 0 heterocycles. The summed E-state index contributed by atoms with van der Waals surface area (Å²) >= 11 is 0. The van der Waals surface area contributed by atoms with Gasteiger partial charge < -0.3 is 9.84 Å². The number of methoxy groups -OCH3 is 1. The Morgan fingerprint density at radius 2 is 2.22 bits per heavy atom. The van der Waals surface area contributed by atoms with Crippen LogP contribution in [0.25, 0.3) is 0 Å². The van der Waals surface area contributed by atoms with Crippen LogP contribution in [0.5, 0.6) is 5.75 Å². The molecule has 3 atom stereocenters. The highest BCUT2D eigenvalue weighted by Gasteiger charge is 2.48. The Morgan fingerprint density at radius 3 is 2.94 bits per heavy atom. The molecule has 3 heteroatoms. The van der Waals surface area contributed by atoms with Gasteiger partial charge in [-0.3, -0.25) is 4.79 Å². The summed E-state index contributed by atoms with van der Waals surface area (Å²) in [6.07, 6.45) is 2.09. The first-order valence-corrected chi connectivity index (χ1v) is 6.46. The molecule has 1 saturated carbocycles. The van der Waals surface area contributed by atoms with Crippen molar-refractivity contribution in [3.63, 3.8) is 0 Å². The van der Waals surface area contributed by atoms with E-state index in [1.54, 1.807) is 14.0 Å². The van der Waals surface area contributed by atoms with Crippen molar-refractivity contribution in [2.24, 2.45) is 5.92 Å². The van der Waals surface area contributed by atoms with E-state index in [0.717, 1.165) is 23.3 Å². The highest BCUT2D eigenvalue weighted by molar-refractivity contribution is 5.92. The molecule has 2 aliphatic rings. The summed E-state index contributed by atoms with van der Waals surface area (Å²) in [4.78, 5) is 12.3. The van der Waals surface area contributed by atoms with Crippen LogP contribution in [-0.2, 0) is 11.2 Å². The second kappa shape index (κ2) is 3.82. The first kappa shape index (κ1) is 11.7. The third-order valence-corrected chi connectivity index (χ3v) is 4.53. The molecule has 0 aliphatic heterocycles. The predicted octanol–water partition coefficient (Wildman–Crippen LogP) is 2.06. The van der Waals surface area contributed by atoms with Crippen LogP contribution in [0.1, 0.15) is 36.8 Å². The monoisotopic (exact) mass is 246 g/mol. The van der Waals surface area contributed by atoms with Gasteiger partial charge in [-0.1, -0.05) is 6.07 Å². The van der Waals surface area contributed by atoms with Crippen LogP contribution in [0, 0.1) is 5.92 Å². The molecule has 2 aliphatic carbocycles. The quantitative estimate of drug-likeness (QED) is 0.825. The number of hydrogen-bond donors (Lipinski definition) is 1. The van der Waals surface area contributed by atoms with Gasteiger partial charge in [-0.15, -0.1) is 0 Å². The first-order valence-electron chi connectivity index (χ1n) is 6.46. The Balaban J connectivity index is 2.08. The van der Waals surface area contributed by atoms with E-state index >= 15 is 0 Å². The summed E-state index contributed by atoms with van der Waals surface area (Å²) in [5, 5.41) is 10.4. The summed E-state index contributed by atoms with van der Waals surface area (Å²) in [7, 11) is 1.65. The standard InChI is InChI=1S/C15H18O3/c1-15(17)6-5-12-11-4-3-10(18-2)7-9(11)8-13(15)14(12)16/h3-4,7,12-13,17H,5-6,8H2,1-2H3. The molecule has 96 valence electrons. The van der Waals surface area contributed by atoms with E-state index in [1.807, 2.05) is 18.2 Å². The fraction of sp³-hybridized carbons (Fsp3) is 0.533. The Hall–Kier alpha value is -1.35. The molecule has 0 saturated heterocycles. The van der Waals surface area contributed by atoms with E-state index in [-0.39, 0.29) is 17.6 Å². The normalized spacial score (nSPS) is 34.1. The molecule has 0 radical (unpaired) electrons. The van der Waals surface area contributed by atoms with E-state index in [2.05, 4.69) is 0 Å². The van der Waals surface area contributed by atoms with Gasteiger partial charge in [-0.25, -0.2) is 0 Å². The van der Waals surface area contributed by atoms with Gasteiger partial charge in [0.25, 0.3) is 0 Å². The predicted molar refractivity (Wildman–Crippen MR) is 67.8 cm³/mol. The minimum absolute atomic E-state index is 0.0233. The Morgan fingerprint density at radius 1 is 1.44 bits per heavy atom. The van der Waals surface area contributed by atoms with Crippen LogP contribution < -0.4 is 4.74 Å². The van der Waals surface area contributed by atoms with E-state index in [9.17, 15) is 9.90 Å². The first-order chi connectivity index (χ1) is 8.53. The molecule has 0 amide bonds. The zero-order chi connectivity index (χ0) is 12.9. The van der Waals surface area contributed by atoms with Gasteiger partial charge >= 0.3 is 0 Å². The van der Waals surface area contributed by atoms with E-state index in [1.165, 1.54) is 0 Å². The fourth-order valence-corrected chi connectivity index (χ4v) is 3.38. The van der Waals surface area contributed by atoms with Crippen LogP contribution in [0.2, 0.25) is 0 Å². The minimum Gasteiger partial charge on any atom is -0.497 e. The fourth-order valence-electron chi connectivity index (χ4n) is 3.38. The zero-order valence-electron chi connectivity index (χ0n) is 10.8. The highest BCUT2D eigenvalue weighted by Crippen LogP contribution is 2.46. The number of carbonyl (C=O) groups is 1. The minimum atomic E-state index is -0.853. The highest BCUT2D eigenvalue weighted by atomic mass is 16.5. The number of hydrogen-bond acceptors (Lipinski definition) is 3. The number of aliphatic hydroxyl groups is 1. The van der Waals surface area contributed by atoms with Crippen LogP contribution in [-0.4, -0.2) is 23.6 Å². The SMILES string of the molecule is COc1ccc2c(c1)CC1C(=O)C2CCC1(C)O. The molecule has 3 nitrogen and oxygen atoms in total. The summed E-state index contributed by atoms with van der Waals surface area (Å²) in [6.45, 7) is 1.79. The summed E-state index contributed by atoms with van der Waals surface area (Å²) in [6, 6.07) is 5.93. The zero-order valence-corrected chi connectivity index (χ0v) is 10.8. The largest absolute Gasteiger partial charge is 0.497 e. The number of benzene rings is 1. The molecular weight excluding hydrogens is 228 g/mol. The van der Waals surface area contributed by atoms with Crippen LogP contribution in [0.3, 0.4) is 0 Å². The van der Waals surface area contributed by atoms with Crippen molar-refractivity contribution >= 4 is 5.78 Å². The second-order valence-electron chi connectivity index (χ2n) is 5.67. The molecular formula is C15H18O3. The molecule has 0 aromatic heterocycles. The average Bonchev–Trinajstić information content (AvgIpc) is 2.34. The number of ketones is 1. The van der Waals surface area contributed by atoms with Crippen molar-refractivity contribution in [1.82, 2.24) is 0 Å². The van der Waals surface area contributed by atoms with E-state index in [0.29, 0.717) is 12.8 Å². The van der Waals surface area contributed by atoms with Gasteiger partial charge in [0, 0.05) is 5.92 Å². The molecule has 2 bridgehead atoms. The molecule has 0 spiro atoms. The second-order valence-corrected chi connectivity index (χ2v) is 5.67. The molecule has 3 unspecified atom stereocenters. The van der Waals surface area contributed by atoms with Crippen molar-refractivity contribution in [2.75, 3.05) is 7.11 Å². The lowest BCUT2D eigenvalue weighted by Gasteiger charge is -2.43. The van der Waals surface area contributed by atoms with Gasteiger partial charge in [-0.05, 0) is 49.4 Å². The number of rotatable bonds is 1. The Bertz CT molecular complexity index is 504. The molecule has 1 N–H and O–H groups in total. The smallest absolute Gasteiger partial charge is 0.146 e. The van der Waals surface area contributed by atoms with Crippen molar-refractivity contribution in [2.45, 2.75) is 37.7 Å². The van der Waals surface area contributed by atoms with Gasteiger partial charge in [-0.2, -0.15) is 0 Å².